The fraction of sp³-hybridized carbons (Fsp3) is 0.625. The zero-order valence-corrected chi connectivity index (χ0v) is 13.8. The molecule has 2 heterocycles. The Morgan fingerprint density at radius 3 is 2.38 bits per heavy atom. The second kappa shape index (κ2) is 5.38. The lowest BCUT2D eigenvalue weighted by atomic mass is 10.0. The fourth-order valence-corrected chi connectivity index (χ4v) is 5.35. The Morgan fingerprint density at radius 2 is 1.76 bits per heavy atom. The molecule has 0 spiro atoms. The first-order valence-electron chi connectivity index (χ1n) is 7.69. The van der Waals surface area contributed by atoms with Gasteiger partial charge in [-0.3, -0.25) is 0 Å². The molecule has 5 heteroatoms. The summed E-state index contributed by atoms with van der Waals surface area (Å²) in [5.41, 5.74) is 1.81. The van der Waals surface area contributed by atoms with Crippen LogP contribution in [-0.2, 0) is 10.0 Å². The van der Waals surface area contributed by atoms with E-state index in [9.17, 15) is 8.42 Å². The number of fused-ring (bicyclic) bond motifs is 2. The minimum absolute atomic E-state index is 0.119. The van der Waals surface area contributed by atoms with Crippen molar-refractivity contribution in [2.45, 2.75) is 62.6 Å². The van der Waals surface area contributed by atoms with Gasteiger partial charge in [-0.1, -0.05) is 12.1 Å². The molecule has 2 aliphatic rings. The summed E-state index contributed by atoms with van der Waals surface area (Å²) in [7, 11) is -1.66. The van der Waals surface area contributed by atoms with Crippen molar-refractivity contribution < 1.29 is 8.42 Å². The van der Waals surface area contributed by atoms with Crippen molar-refractivity contribution in [2.24, 2.45) is 0 Å². The molecule has 116 valence electrons. The number of benzene rings is 1. The van der Waals surface area contributed by atoms with Gasteiger partial charge in [0.05, 0.1) is 4.90 Å². The summed E-state index contributed by atoms with van der Waals surface area (Å²) in [6.45, 7) is 3.80. The van der Waals surface area contributed by atoms with Gasteiger partial charge in [0.2, 0.25) is 10.0 Å². The number of aryl methyl sites for hydroxylation is 2. The van der Waals surface area contributed by atoms with E-state index in [1.54, 1.807) is 17.4 Å². The fourth-order valence-electron chi connectivity index (χ4n) is 3.66. The van der Waals surface area contributed by atoms with E-state index < -0.39 is 10.0 Å². The van der Waals surface area contributed by atoms with Crippen LogP contribution < -0.4 is 5.32 Å². The van der Waals surface area contributed by atoms with Crippen LogP contribution in [-0.4, -0.2) is 37.9 Å². The number of rotatable bonds is 3. The normalized spacial score (nSPS) is 29.0. The lowest BCUT2D eigenvalue weighted by Crippen LogP contribution is -2.48. The maximum atomic E-state index is 12.9. The van der Waals surface area contributed by atoms with Crippen LogP contribution in [0.15, 0.2) is 23.1 Å². The van der Waals surface area contributed by atoms with Gasteiger partial charge in [-0.25, -0.2) is 8.42 Å². The second-order valence-electron chi connectivity index (χ2n) is 6.55. The Kier molecular flexibility index (Phi) is 3.84. The zero-order valence-electron chi connectivity index (χ0n) is 13.0. The minimum Gasteiger partial charge on any atom is -0.311 e. The average Bonchev–Trinajstić information content (AvgIpc) is 2.79. The molecule has 4 nitrogen and oxygen atoms in total. The van der Waals surface area contributed by atoms with Gasteiger partial charge >= 0.3 is 0 Å². The van der Waals surface area contributed by atoms with Gasteiger partial charge in [-0.15, -0.1) is 0 Å². The molecule has 2 unspecified atom stereocenters. The van der Waals surface area contributed by atoms with Crippen molar-refractivity contribution in [3.05, 3.63) is 29.3 Å². The number of nitrogens with zero attached hydrogens (tertiary/aromatic N) is 1. The number of hydrogen-bond acceptors (Lipinski definition) is 3. The van der Waals surface area contributed by atoms with Gasteiger partial charge in [0.1, 0.15) is 0 Å². The molecule has 0 aromatic heterocycles. The molecule has 2 aliphatic heterocycles. The second-order valence-corrected chi connectivity index (χ2v) is 8.52. The van der Waals surface area contributed by atoms with Crippen molar-refractivity contribution >= 4 is 10.0 Å². The molecule has 1 aromatic carbocycles. The van der Waals surface area contributed by atoms with Crippen LogP contribution in [0.1, 0.15) is 36.8 Å². The summed E-state index contributed by atoms with van der Waals surface area (Å²) >= 11 is 0. The lowest BCUT2D eigenvalue weighted by Gasteiger charge is -2.35. The summed E-state index contributed by atoms with van der Waals surface area (Å²) in [4.78, 5) is 0.455. The molecule has 3 rings (SSSR count). The molecule has 2 fully saturated rings. The third kappa shape index (κ3) is 2.74. The van der Waals surface area contributed by atoms with Crippen LogP contribution in [0.5, 0.6) is 0 Å². The van der Waals surface area contributed by atoms with Gasteiger partial charge in [0.15, 0.2) is 0 Å². The van der Waals surface area contributed by atoms with Crippen LogP contribution >= 0.6 is 0 Å². The highest BCUT2D eigenvalue weighted by atomic mass is 32.2. The molecule has 2 atom stereocenters. The first-order chi connectivity index (χ1) is 9.88. The lowest BCUT2D eigenvalue weighted by molar-refractivity contribution is 0.251. The molecule has 0 amide bonds. The Morgan fingerprint density at radius 1 is 1.14 bits per heavy atom. The van der Waals surface area contributed by atoms with E-state index in [1.807, 2.05) is 26.0 Å². The maximum absolute atomic E-state index is 12.9. The summed E-state index contributed by atoms with van der Waals surface area (Å²) < 4.78 is 27.5. The highest BCUT2D eigenvalue weighted by Crippen LogP contribution is 2.32. The largest absolute Gasteiger partial charge is 0.311 e. The molecular weight excluding hydrogens is 284 g/mol. The monoisotopic (exact) mass is 308 g/mol. The third-order valence-corrected chi connectivity index (χ3v) is 7.02. The molecule has 1 N–H and O–H groups in total. The Bertz CT molecular complexity index is 630. The highest BCUT2D eigenvalue weighted by Gasteiger charge is 2.39. The quantitative estimate of drug-likeness (QED) is 0.931. The number of piperidine rings is 1. The first-order valence-corrected chi connectivity index (χ1v) is 9.13. The van der Waals surface area contributed by atoms with E-state index in [4.69, 9.17) is 0 Å². The number of sulfonamides is 1. The summed E-state index contributed by atoms with van der Waals surface area (Å²) in [6, 6.07) is 6.74. The smallest absolute Gasteiger partial charge is 0.243 e. The molecule has 21 heavy (non-hydrogen) atoms. The van der Waals surface area contributed by atoms with E-state index in [2.05, 4.69) is 5.32 Å². The maximum Gasteiger partial charge on any atom is 0.243 e. The molecule has 0 aliphatic carbocycles. The van der Waals surface area contributed by atoms with Crippen molar-refractivity contribution in [1.82, 2.24) is 9.62 Å². The van der Waals surface area contributed by atoms with Crippen LogP contribution in [0, 0.1) is 13.8 Å². The van der Waals surface area contributed by atoms with E-state index in [1.165, 1.54) is 12.8 Å². The van der Waals surface area contributed by atoms with Gasteiger partial charge in [0, 0.05) is 25.2 Å². The van der Waals surface area contributed by atoms with E-state index >= 15 is 0 Å². The predicted octanol–water partition coefficient (Wildman–Crippen LogP) is 2.21. The number of nitrogens with one attached hydrogen (secondary N) is 1. The summed E-state index contributed by atoms with van der Waals surface area (Å²) in [5.74, 6) is 0. The minimum atomic E-state index is -3.41. The summed E-state index contributed by atoms with van der Waals surface area (Å²) in [6.07, 6.45) is 4.21. The SMILES string of the molecule is Cc1ccc(C)c(S(=O)(=O)N(C)C2CC3CCC(C2)N3)c1. The third-order valence-electron chi connectivity index (χ3n) is 4.96. The molecular formula is C16H24N2O2S. The highest BCUT2D eigenvalue weighted by molar-refractivity contribution is 7.89. The average molecular weight is 308 g/mol. The van der Waals surface area contributed by atoms with Crippen LogP contribution in [0.2, 0.25) is 0 Å². The van der Waals surface area contributed by atoms with Crippen LogP contribution in [0.25, 0.3) is 0 Å². The van der Waals surface area contributed by atoms with E-state index in [0.717, 1.165) is 24.0 Å². The van der Waals surface area contributed by atoms with Gasteiger partial charge in [-0.2, -0.15) is 4.31 Å². The topological polar surface area (TPSA) is 49.4 Å². The first kappa shape index (κ1) is 15.0. The molecule has 0 radical (unpaired) electrons. The van der Waals surface area contributed by atoms with E-state index in [0.29, 0.717) is 17.0 Å². The van der Waals surface area contributed by atoms with Crippen LogP contribution in [0.3, 0.4) is 0 Å². The Balaban J connectivity index is 1.89. The van der Waals surface area contributed by atoms with Gasteiger partial charge in [0.25, 0.3) is 0 Å². The van der Waals surface area contributed by atoms with E-state index in [-0.39, 0.29) is 6.04 Å². The van der Waals surface area contributed by atoms with Crippen molar-refractivity contribution in [2.75, 3.05) is 7.05 Å². The van der Waals surface area contributed by atoms with Crippen molar-refractivity contribution in [3.8, 4) is 0 Å². The standard InChI is InChI=1S/C16H24N2O2S/c1-11-4-5-12(2)16(8-11)21(19,20)18(3)15-9-13-6-7-14(10-15)17-13/h4-5,8,13-15,17H,6-7,9-10H2,1-3H3. The molecule has 2 saturated heterocycles. The van der Waals surface area contributed by atoms with Crippen molar-refractivity contribution in [1.29, 1.82) is 0 Å². The summed E-state index contributed by atoms with van der Waals surface area (Å²) in [5, 5.41) is 3.57. The molecule has 2 bridgehead atoms. The van der Waals surface area contributed by atoms with Crippen LogP contribution in [0.4, 0.5) is 0 Å². The predicted molar refractivity (Wildman–Crippen MR) is 83.8 cm³/mol. The Hall–Kier alpha value is -0.910. The zero-order chi connectivity index (χ0) is 15.2. The molecule has 1 aromatic rings. The number of hydrogen-bond donors (Lipinski definition) is 1. The van der Waals surface area contributed by atoms with Gasteiger partial charge < -0.3 is 5.32 Å². The Labute approximate surface area is 127 Å². The van der Waals surface area contributed by atoms with Gasteiger partial charge in [-0.05, 0) is 56.7 Å². The molecule has 0 saturated carbocycles. The van der Waals surface area contributed by atoms with Crippen molar-refractivity contribution in [3.63, 3.8) is 0 Å².